The summed E-state index contributed by atoms with van der Waals surface area (Å²) in [5.41, 5.74) is 9.96. The minimum Gasteiger partial charge on any atom is -0.321 e. The maximum absolute atomic E-state index is 12.6. The topological polar surface area (TPSA) is 43.1 Å². The van der Waals surface area contributed by atoms with Crippen molar-refractivity contribution in [2.45, 2.75) is 64.8 Å². The fourth-order valence-electron chi connectivity index (χ4n) is 3.36. The van der Waals surface area contributed by atoms with Crippen LogP contribution in [-0.2, 0) is 11.2 Å². The second-order valence-electron chi connectivity index (χ2n) is 6.27. The van der Waals surface area contributed by atoms with Crippen LogP contribution in [0.25, 0.3) is 0 Å². The van der Waals surface area contributed by atoms with Gasteiger partial charge in [0.1, 0.15) is 0 Å². The Bertz CT molecular complexity index is 438. The van der Waals surface area contributed by atoms with E-state index >= 15 is 0 Å². The number of rotatable bonds is 4. The van der Waals surface area contributed by atoms with Crippen LogP contribution in [0, 0.1) is 19.8 Å². The molecule has 0 aromatic heterocycles. The van der Waals surface area contributed by atoms with Gasteiger partial charge < -0.3 is 5.73 Å². The van der Waals surface area contributed by atoms with Gasteiger partial charge in [0.15, 0.2) is 5.78 Å². The zero-order valence-corrected chi connectivity index (χ0v) is 12.8. The Morgan fingerprint density at radius 2 is 1.70 bits per heavy atom. The molecule has 0 radical (unpaired) electrons. The van der Waals surface area contributed by atoms with Crippen LogP contribution in [0.1, 0.15) is 55.2 Å². The van der Waals surface area contributed by atoms with E-state index in [2.05, 4.69) is 32.0 Å². The quantitative estimate of drug-likeness (QED) is 0.850. The molecule has 1 saturated carbocycles. The van der Waals surface area contributed by atoms with Crippen LogP contribution in [0.2, 0.25) is 0 Å². The summed E-state index contributed by atoms with van der Waals surface area (Å²) in [6.07, 6.45) is 7.69. The number of aryl methyl sites for hydroxylation is 2. The first-order valence-corrected chi connectivity index (χ1v) is 7.94. The van der Waals surface area contributed by atoms with Crippen molar-refractivity contribution in [3.05, 3.63) is 34.9 Å². The van der Waals surface area contributed by atoms with Crippen LogP contribution in [-0.4, -0.2) is 11.8 Å². The van der Waals surface area contributed by atoms with Gasteiger partial charge in [-0.25, -0.2) is 0 Å². The van der Waals surface area contributed by atoms with Gasteiger partial charge in [-0.1, -0.05) is 43.9 Å². The Labute approximate surface area is 122 Å². The van der Waals surface area contributed by atoms with Gasteiger partial charge in [-0.3, -0.25) is 4.79 Å². The molecule has 1 aliphatic rings. The monoisotopic (exact) mass is 273 g/mol. The largest absolute Gasteiger partial charge is 0.321 e. The number of benzene rings is 1. The highest BCUT2D eigenvalue weighted by molar-refractivity contribution is 5.86. The first-order valence-electron chi connectivity index (χ1n) is 7.94. The third-order valence-corrected chi connectivity index (χ3v) is 4.69. The zero-order valence-electron chi connectivity index (χ0n) is 12.8. The lowest BCUT2D eigenvalue weighted by Crippen LogP contribution is -2.37. The molecule has 1 aromatic rings. The molecule has 0 bridgehead atoms. The van der Waals surface area contributed by atoms with Crippen LogP contribution in [0.3, 0.4) is 0 Å². The molecule has 0 saturated heterocycles. The molecule has 0 heterocycles. The van der Waals surface area contributed by atoms with Crippen LogP contribution >= 0.6 is 0 Å². The van der Waals surface area contributed by atoms with Crippen molar-refractivity contribution in [3.63, 3.8) is 0 Å². The molecule has 2 N–H and O–H groups in total. The Hall–Kier alpha value is -1.15. The molecule has 0 aliphatic heterocycles. The number of hydrogen-bond donors (Lipinski definition) is 1. The smallest absolute Gasteiger partial charge is 0.152 e. The van der Waals surface area contributed by atoms with Crippen LogP contribution in [0.15, 0.2) is 18.2 Å². The van der Waals surface area contributed by atoms with Crippen molar-refractivity contribution in [1.82, 2.24) is 0 Å². The summed E-state index contributed by atoms with van der Waals surface area (Å²) in [7, 11) is 0. The highest BCUT2D eigenvalue weighted by Gasteiger charge is 2.25. The summed E-state index contributed by atoms with van der Waals surface area (Å²) in [6, 6.07) is 5.93. The second kappa shape index (κ2) is 7.03. The van der Waals surface area contributed by atoms with Gasteiger partial charge in [0.05, 0.1) is 6.04 Å². The van der Waals surface area contributed by atoms with Gasteiger partial charge >= 0.3 is 0 Å². The molecule has 1 fully saturated rings. The first-order chi connectivity index (χ1) is 9.59. The Kier molecular flexibility index (Phi) is 5.36. The van der Waals surface area contributed by atoms with Crippen molar-refractivity contribution in [1.29, 1.82) is 0 Å². The molecule has 1 unspecified atom stereocenters. The molecule has 1 aromatic carbocycles. The summed E-state index contributed by atoms with van der Waals surface area (Å²) < 4.78 is 0. The maximum Gasteiger partial charge on any atom is 0.152 e. The third kappa shape index (κ3) is 3.69. The molecule has 110 valence electrons. The van der Waals surface area contributed by atoms with Gasteiger partial charge in [0, 0.05) is 5.92 Å². The Balaban J connectivity index is 2.03. The number of carbonyl (C=O) groups excluding carboxylic acids is 1. The van der Waals surface area contributed by atoms with Gasteiger partial charge in [-0.2, -0.15) is 0 Å². The number of carbonyl (C=O) groups is 1. The summed E-state index contributed by atoms with van der Waals surface area (Å²) in [5, 5.41) is 0. The van der Waals surface area contributed by atoms with E-state index in [4.69, 9.17) is 5.73 Å². The van der Waals surface area contributed by atoms with Crippen molar-refractivity contribution >= 4 is 5.78 Å². The molecule has 0 amide bonds. The van der Waals surface area contributed by atoms with Gasteiger partial charge in [-0.05, 0) is 49.8 Å². The molecule has 20 heavy (non-hydrogen) atoms. The third-order valence-electron chi connectivity index (χ3n) is 4.69. The summed E-state index contributed by atoms with van der Waals surface area (Å²) in [6.45, 7) is 4.20. The van der Waals surface area contributed by atoms with E-state index in [9.17, 15) is 4.79 Å². The molecular formula is C18H27NO. The molecule has 2 heteroatoms. The van der Waals surface area contributed by atoms with Crippen molar-refractivity contribution in [2.24, 2.45) is 11.7 Å². The van der Waals surface area contributed by atoms with E-state index in [1.165, 1.54) is 42.4 Å². The van der Waals surface area contributed by atoms with Gasteiger partial charge in [0.2, 0.25) is 0 Å². The molecule has 2 nitrogen and oxygen atoms in total. The molecule has 0 spiro atoms. The average Bonchev–Trinajstić information content (AvgIpc) is 2.71. The summed E-state index contributed by atoms with van der Waals surface area (Å²) >= 11 is 0. The van der Waals surface area contributed by atoms with Gasteiger partial charge in [0.25, 0.3) is 0 Å². The van der Waals surface area contributed by atoms with Crippen LogP contribution in [0.5, 0.6) is 0 Å². The second-order valence-corrected chi connectivity index (χ2v) is 6.27. The molecule has 1 atom stereocenters. The van der Waals surface area contributed by atoms with Crippen molar-refractivity contribution in [2.75, 3.05) is 0 Å². The normalized spacial score (nSPS) is 18.6. The molecule has 2 rings (SSSR count). The Morgan fingerprint density at radius 3 is 2.25 bits per heavy atom. The minimum absolute atomic E-state index is 0.205. The average molecular weight is 273 g/mol. The highest BCUT2D eigenvalue weighted by atomic mass is 16.1. The SMILES string of the molecule is Cc1cccc(C)c1CC(N)C(=O)C1CCCCCC1. The van der Waals surface area contributed by atoms with E-state index in [1.54, 1.807) is 0 Å². The van der Waals surface area contributed by atoms with E-state index in [0.717, 1.165) is 12.8 Å². The lowest BCUT2D eigenvalue weighted by molar-refractivity contribution is -0.124. The predicted molar refractivity (Wildman–Crippen MR) is 83.8 cm³/mol. The number of Topliss-reactive ketones (excluding diaryl/α,β-unsaturated/α-hetero) is 1. The standard InChI is InChI=1S/C18H27NO/c1-13-8-7-9-14(2)16(13)12-17(19)18(20)15-10-5-3-4-6-11-15/h7-9,15,17H,3-6,10-12,19H2,1-2H3. The number of ketones is 1. The first kappa shape index (κ1) is 15.2. The van der Waals surface area contributed by atoms with Crippen LogP contribution < -0.4 is 5.73 Å². The number of hydrogen-bond acceptors (Lipinski definition) is 2. The summed E-state index contributed by atoms with van der Waals surface area (Å²) in [5.74, 6) is 0.492. The van der Waals surface area contributed by atoms with E-state index < -0.39 is 0 Å². The molecule has 1 aliphatic carbocycles. The van der Waals surface area contributed by atoms with Crippen molar-refractivity contribution in [3.8, 4) is 0 Å². The minimum atomic E-state index is -0.335. The van der Waals surface area contributed by atoms with E-state index in [1.807, 2.05) is 0 Å². The van der Waals surface area contributed by atoms with E-state index in [0.29, 0.717) is 6.42 Å². The Morgan fingerprint density at radius 1 is 1.15 bits per heavy atom. The predicted octanol–water partition coefficient (Wildman–Crippen LogP) is 3.71. The van der Waals surface area contributed by atoms with Crippen LogP contribution in [0.4, 0.5) is 0 Å². The fourth-order valence-corrected chi connectivity index (χ4v) is 3.36. The number of nitrogens with two attached hydrogens (primary N) is 1. The fraction of sp³-hybridized carbons (Fsp3) is 0.611. The van der Waals surface area contributed by atoms with Gasteiger partial charge in [-0.15, -0.1) is 0 Å². The van der Waals surface area contributed by atoms with E-state index in [-0.39, 0.29) is 17.7 Å². The lowest BCUT2D eigenvalue weighted by Gasteiger charge is -2.20. The highest BCUT2D eigenvalue weighted by Crippen LogP contribution is 2.25. The zero-order chi connectivity index (χ0) is 14.5. The maximum atomic E-state index is 12.6. The van der Waals surface area contributed by atoms with Crippen molar-refractivity contribution < 1.29 is 4.79 Å². The molecular weight excluding hydrogens is 246 g/mol. The summed E-state index contributed by atoms with van der Waals surface area (Å²) in [4.78, 5) is 12.6. The lowest BCUT2D eigenvalue weighted by atomic mass is 9.87.